The number of piperazine rings is 1. The lowest BCUT2D eigenvalue weighted by Crippen LogP contribution is -2.50. The molecule has 1 rings (SSSR count). The van der Waals surface area contributed by atoms with E-state index < -0.39 is 0 Å². The Bertz CT molecular complexity index is 208. The minimum Gasteiger partial charge on any atom is -0.366 e. The highest BCUT2D eigenvalue weighted by Crippen LogP contribution is 2.17. The Labute approximate surface area is 87.7 Å². The summed E-state index contributed by atoms with van der Waals surface area (Å²) >= 11 is 0. The zero-order valence-electron chi connectivity index (χ0n) is 9.42. The third kappa shape index (κ3) is 2.88. The molecule has 0 aliphatic carbocycles. The normalized spacial score (nSPS) is 22.5. The van der Waals surface area contributed by atoms with Gasteiger partial charge in [0.1, 0.15) is 0 Å². The summed E-state index contributed by atoms with van der Waals surface area (Å²) < 4.78 is 0. The van der Waals surface area contributed by atoms with Crippen molar-refractivity contribution in [1.29, 1.82) is 0 Å². The molecule has 0 amide bonds. The summed E-state index contributed by atoms with van der Waals surface area (Å²) in [6, 6.07) is 0.592. The quantitative estimate of drug-likeness (QED) is 0.689. The molecule has 1 aliphatic rings. The average molecular weight is 194 g/mol. The fraction of sp³-hybridized carbons (Fsp3) is 0.667. The summed E-state index contributed by atoms with van der Waals surface area (Å²) in [7, 11) is 0. The molecule has 2 nitrogen and oxygen atoms in total. The molecule has 1 saturated heterocycles. The summed E-state index contributed by atoms with van der Waals surface area (Å²) in [5.41, 5.74) is 1.07. The number of nitrogens with zero attached hydrogens (tertiary/aromatic N) is 1. The van der Waals surface area contributed by atoms with Gasteiger partial charge in [-0.25, -0.2) is 0 Å². The molecule has 0 aromatic heterocycles. The topological polar surface area (TPSA) is 15.3 Å². The average Bonchev–Trinajstić information content (AvgIpc) is 2.16. The van der Waals surface area contributed by atoms with Crippen LogP contribution in [0.15, 0.2) is 24.9 Å². The van der Waals surface area contributed by atoms with Crippen LogP contribution >= 0.6 is 0 Å². The first-order valence-corrected chi connectivity index (χ1v) is 5.44. The van der Waals surface area contributed by atoms with Crippen LogP contribution in [0, 0.1) is 5.92 Å². The summed E-state index contributed by atoms with van der Waals surface area (Å²) in [4.78, 5) is 2.38. The molecule has 0 radical (unpaired) electrons. The van der Waals surface area contributed by atoms with Crippen molar-refractivity contribution >= 4 is 0 Å². The number of hydrogen-bond acceptors (Lipinski definition) is 2. The highest BCUT2D eigenvalue weighted by Gasteiger charge is 2.22. The Morgan fingerprint density at radius 1 is 1.64 bits per heavy atom. The van der Waals surface area contributed by atoms with E-state index in [-0.39, 0.29) is 0 Å². The third-order valence-corrected chi connectivity index (χ3v) is 2.70. The van der Waals surface area contributed by atoms with Crippen LogP contribution < -0.4 is 5.32 Å². The number of hydrogen-bond donors (Lipinski definition) is 1. The predicted octanol–water partition coefficient (Wildman–Crippen LogP) is 2.01. The molecule has 0 aromatic carbocycles. The zero-order valence-corrected chi connectivity index (χ0v) is 9.42. The van der Waals surface area contributed by atoms with Crippen LogP contribution in [0.1, 0.15) is 20.3 Å². The molecule has 1 N–H and O–H groups in total. The molecule has 0 bridgehead atoms. The number of rotatable bonds is 4. The molecule has 80 valence electrons. The first-order chi connectivity index (χ1) is 6.65. The molecule has 1 fully saturated rings. The smallest absolute Gasteiger partial charge is 0.0417 e. The molecule has 0 aromatic rings. The van der Waals surface area contributed by atoms with Crippen LogP contribution in [0.2, 0.25) is 0 Å². The van der Waals surface area contributed by atoms with E-state index in [0.717, 1.165) is 31.2 Å². The summed E-state index contributed by atoms with van der Waals surface area (Å²) in [5.74, 6) is 0.736. The maximum absolute atomic E-state index is 4.03. The van der Waals surface area contributed by atoms with Gasteiger partial charge in [0.25, 0.3) is 0 Å². The van der Waals surface area contributed by atoms with Crippen LogP contribution in [0.4, 0.5) is 0 Å². The van der Waals surface area contributed by atoms with Gasteiger partial charge in [0.2, 0.25) is 0 Å². The van der Waals surface area contributed by atoms with E-state index in [1.165, 1.54) is 6.42 Å². The van der Waals surface area contributed by atoms with E-state index in [1.807, 2.05) is 6.08 Å². The largest absolute Gasteiger partial charge is 0.366 e. The van der Waals surface area contributed by atoms with Crippen LogP contribution in [0.5, 0.6) is 0 Å². The Hall–Kier alpha value is -0.760. The van der Waals surface area contributed by atoms with E-state index in [1.54, 1.807) is 0 Å². The molecule has 1 atom stereocenters. The van der Waals surface area contributed by atoms with E-state index in [0.29, 0.717) is 6.04 Å². The van der Waals surface area contributed by atoms with Gasteiger partial charge in [-0.15, -0.1) is 0 Å². The Kier molecular flexibility index (Phi) is 4.21. The summed E-state index contributed by atoms with van der Waals surface area (Å²) in [6.45, 7) is 15.5. The number of nitrogens with one attached hydrogen (secondary N) is 1. The lowest BCUT2D eigenvalue weighted by atomic mass is 10.0. The Morgan fingerprint density at radius 2 is 2.36 bits per heavy atom. The van der Waals surface area contributed by atoms with E-state index in [2.05, 4.69) is 37.2 Å². The second-order valence-electron chi connectivity index (χ2n) is 4.38. The van der Waals surface area contributed by atoms with E-state index in [9.17, 15) is 0 Å². The van der Waals surface area contributed by atoms with Crippen LogP contribution in [0.3, 0.4) is 0 Å². The van der Waals surface area contributed by atoms with Crippen LogP contribution in [0.25, 0.3) is 0 Å². The first kappa shape index (κ1) is 11.3. The fourth-order valence-electron chi connectivity index (χ4n) is 2.01. The van der Waals surface area contributed by atoms with Gasteiger partial charge >= 0.3 is 0 Å². The lowest BCUT2D eigenvalue weighted by Gasteiger charge is -2.39. The highest BCUT2D eigenvalue weighted by atomic mass is 15.2. The minimum atomic E-state index is 0.592. The maximum Gasteiger partial charge on any atom is 0.0417 e. The van der Waals surface area contributed by atoms with Crippen molar-refractivity contribution in [3.8, 4) is 0 Å². The third-order valence-electron chi connectivity index (χ3n) is 2.70. The second kappa shape index (κ2) is 5.20. The molecule has 1 heterocycles. The molecular weight excluding hydrogens is 172 g/mol. The molecule has 0 unspecified atom stereocenters. The van der Waals surface area contributed by atoms with Gasteiger partial charge in [-0.1, -0.05) is 27.0 Å². The van der Waals surface area contributed by atoms with Gasteiger partial charge in [0.05, 0.1) is 0 Å². The van der Waals surface area contributed by atoms with Gasteiger partial charge in [-0.05, 0) is 18.4 Å². The van der Waals surface area contributed by atoms with Crippen LogP contribution in [-0.2, 0) is 0 Å². The van der Waals surface area contributed by atoms with Gasteiger partial charge in [0.15, 0.2) is 0 Å². The maximum atomic E-state index is 4.03. The second-order valence-corrected chi connectivity index (χ2v) is 4.38. The Balaban J connectivity index is 2.58. The van der Waals surface area contributed by atoms with Gasteiger partial charge < -0.3 is 10.2 Å². The number of allylic oxidation sites excluding steroid dienone is 1. The molecule has 0 spiro atoms. The van der Waals surface area contributed by atoms with Gasteiger partial charge in [0, 0.05) is 31.4 Å². The Morgan fingerprint density at radius 3 is 2.93 bits per heavy atom. The standard InChI is InChI=1S/C12H22N2/c1-5-11(4)14-7-6-13-9-12(14)8-10(2)3/h5,10,12-13H,1,4,6-9H2,2-3H3/t12-/m0/s1. The molecule has 0 saturated carbocycles. The van der Waals surface area contributed by atoms with Crippen molar-refractivity contribution in [3.05, 3.63) is 24.9 Å². The molecule has 2 heteroatoms. The first-order valence-electron chi connectivity index (χ1n) is 5.44. The van der Waals surface area contributed by atoms with Gasteiger partial charge in [-0.2, -0.15) is 0 Å². The lowest BCUT2D eigenvalue weighted by molar-refractivity contribution is 0.190. The van der Waals surface area contributed by atoms with Crippen molar-refractivity contribution in [2.45, 2.75) is 26.3 Å². The van der Waals surface area contributed by atoms with Crippen molar-refractivity contribution in [3.63, 3.8) is 0 Å². The van der Waals surface area contributed by atoms with Gasteiger partial charge in [-0.3, -0.25) is 0 Å². The van der Waals surface area contributed by atoms with Crippen LogP contribution in [-0.4, -0.2) is 30.6 Å². The van der Waals surface area contributed by atoms with Crippen molar-refractivity contribution in [2.75, 3.05) is 19.6 Å². The highest BCUT2D eigenvalue weighted by molar-refractivity contribution is 5.12. The van der Waals surface area contributed by atoms with Crippen molar-refractivity contribution in [2.24, 2.45) is 5.92 Å². The molecule has 1 aliphatic heterocycles. The minimum absolute atomic E-state index is 0.592. The SMILES string of the molecule is C=CC(=C)N1CCNC[C@@H]1CC(C)C. The summed E-state index contributed by atoms with van der Waals surface area (Å²) in [5, 5.41) is 3.43. The summed E-state index contributed by atoms with van der Waals surface area (Å²) in [6.07, 6.45) is 3.08. The van der Waals surface area contributed by atoms with Crippen molar-refractivity contribution < 1.29 is 0 Å². The molecular formula is C12H22N2. The van der Waals surface area contributed by atoms with E-state index in [4.69, 9.17) is 0 Å². The predicted molar refractivity (Wildman–Crippen MR) is 62.2 cm³/mol. The zero-order chi connectivity index (χ0) is 10.6. The molecule has 14 heavy (non-hydrogen) atoms. The fourth-order valence-corrected chi connectivity index (χ4v) is 2.01. The van der Waals surface area contributed by atoms with E-state index >= 15 is 0 Å². The van der Waals surface area contributed by atoms with Crippen molar-refractivity contribution in [1.82, 2.24) is 10.2 Å². The monoisotopic (exact) mass is 194 g/mol.